The molecule has 0 bridgehead atoms. The molecule has 0 saturated heterocycles. The Morgan fingerprint density at radius 2 is 1.89 bits per heavy atom. The van der Waals surface area contributed by atoms with Gasteiger partial charge in [0.1, 0.15) is 11.6 Å². The van der Waals surface area contributed by atoms with Gasteiger partial charge < -0.3 is 10.6 Å². The second-order valence-electron chi connectivity index (χ2n) is 4.14. The van der Waals surface area contributed by atoms with Crippen molar-refractivity contribution in [2.75, 3.05) is 17.2 Å². The summed E-state index contributed by atoms with van der Waals surface area (Å²) in [5, 5.41) is 6.40. The quantitative estimate of drug-likeness (QED) is 0.832. The van der Waals surface area contributed by atoms with Gasteiger partial charge in [0.2, 0.25) is 0 Å². The van der Waals surface area contributed by atoms with Crippen molar-refractivity contribution in [3.8, 4) is 0 Å². The number of rotatable bonds is 6. The number of anilines is 2. The van der Waals surface area contributed by atoms with Gasteiger partial charge in [-0.05, 0) is 25.0 Å². The Kier molecular flexibility index (Phi) is 4.66. The predicted octanol–water partition coefficient (Wildman–Crippen LogP) is 2.48. The van der Waals surface area contributed by atoms with E-state index in [0.717, 1.165) is 30.3 Å². The van der Waals surface area contributed by atoms with Gasteiger partial charge in [-0.3, -0.25) is 9.97 Å². The number of aromatic nitrogens is 3. The monoisotopic (exact) mass is 257 g/mol. The first-order valence-corrected chi connectivity index (χ1v) is 6.56. The minimum atomic E-state index is 0.661. The molecule has 0 fully saturated rings. The number of pyridine rings is 1. The highest BCUT2D eigenvalue weighted by molar-refractivity contribution is 5.41. The van der Waals surface area contributed by atoms with E-state index in [1.165, 1.54) is 5.56 Å². The predicted molar refractivity (Wildman–Crippen MR) is 77.1 cm³/mol. The molecule has 0 aliphatic heterocycles. The van der Waals surface area contributed by atoms with Crippen LogP contribution in [0.25, 0.3) is 0 Å². The van der Waals surface area contributed by atoms with Gasteiger partial charge in [-0.1, -0.05) is 13.0 Å². The highest BCUT2D eigenvalue weighted by atomic mass is 15.1. The minimum Gasteiger partial charge on any atom is -0.369 e. The van der Waals surface area contributed by atoms with Crippen molar-refractivity contribution in [3.63, 3.8) is 0 Å². The van der Waals surface area contributed by atoms with Gasteiger partial charge in [0.15, 0.2) is 0 Å². The van der Waals surface area contributed by atoms with Crippen molar-refractivity contribution in [1.29, 1.82) is 0 Å². The Balaban J connectivity index is 2.03. The summed E-state index contributed by atoms with van der Waals surface area (Å²) in [6.07, 6.45) is 6.23. The van der Waals surface area contributed by atoms with Crippen LogP contribution in [0.4, 0.5) is 11.6 Å². The molecule has 5 nitrogen and oxygen atoms in total. The summed E-state index contributed by atoms with van der Waals surface area (Å²) in [5.74, 6) is 1.54. The van der Waals surface area contributed by atoms with Gasteiger partial charge in [-0.2, -0.15) is 0 Å². The molecule has 0 aliphatic carbocycles. The molecule has 5 heteroatoms. The van der Waals surface area contributed by atoms with Gasteiger partial charge >= 0.3 is 0 Å². The SMILES string of the molecule is CCNc1cncc(NCc2ncccc2CC)n1. The maximum absolute atomic E-state index is 4.42. The summed E-state index contributed by atoms with van der Waals surface area (Å²) < 4.78 is 0. The van der Waals surface area contributed by atoms with Crippen LogP contribution in [0.1, 0.15) is 25.1 Å². The molecule has 2 rings (SSSR count). The van der Waals surface area contributed by atoms with E-state index in [-0.39, 0.29) is 0 Å². The summed E-state index contributed by atoms with van der Waals surface area (Å²) >= 11 is 0. The molecule has 2 aromatic heterocycles. The molecule has 2 N–H and O–H groups in total. The summed E-state index contributed by atoms with van der Waals surface area (Å²) in [7, 11) is 0. The summed E-state index contributed by atoms with van der Waals surface area (Å²) in [6, 6.07) is 4.07. The molecule has 0 spiro atoms. The number of hydrogen-bond acceptors (Lipinski definition) is 5. The summed E-state index contributed by atoms with van der Waals surface area (Å²) in [6.45, 7) is 5.65. The molecule has 0 unspecified atom stereocenters. The van der Waals surface area contributed by atoms with E-state index in [1.54, 1.807) is 12.4 Å². The topological polar surface area (TPSA) is 62.7 Å². The third-order valence-electron chi connectivity index (χ3n) is 2.79. The van der Waals surface area contributed by atoms with E-state index in [0.29, 0.717) is 6.54 Å². The molecule has 2 heterocycles. The molecule has 2 aromatic rings. The highest BCUT2D eigenvalue weighted by Gasteiger charge is 2.02. The van der Waals surface area contributed by atoms with Crippen molar-refractivity contribution in [1.82, 2.24) is 15.0 Å². The first kappa shape index (κ1) is 13.3. The highest BCUT2D eigenvalue weighted by Crippen LogP contribution is 2.10. The lowest BCUT2D eigenvalue weighted by Crippen LogP contribution is -2.08. The Labute approximate surface area is 113 Å². The first-order chi connectivity index (χ1) is 9.33. The molecule has 0 atom stereocenters. The van der Waals surface area contributed by atoms with E-state index in [4.69, 9.17) is 0 Å². The van der Waals surface area contributed by atoms with Gasteiger partial charge in [0.05, 0.1) is 24.6 Å². The van der Waals surface area contributed by atoms with E-state index >= 15 is 0 Å². The fourth-order valence-electron chi connectivity index (χ4n) is 1.84. The van der Waals surface area contributed by atoms with Crippen molar-refractivity contribution in [2.45, 2.75) is 26.8 Å². The van der Waals surface area contributed by atoms with Crippen LogP contribution in [0.2, 0.25) is 0 Å². The number of nitrogens with zero attached hydrogens (tertiary/aromatic N) is 3. The van der Waals surface area contributed by atoms with E-state index in [1.807, 2.05) is 19.2 Å². The normalized spacial score (nSPS) is 10.2. The Morgan fingerprint density at radius 1 is 1.11 bits per heavy atom. The number of aryl methyl sites for hydroxylation is 1. The summed E-state index contributed by atoms with van der Waals surface area (Å²) in [4.78, 5) is 13.0. The molecular weight excluding hydrogens is 238 g/mol. The minimum absolute atomic E-state index is 0.661. The lowest BCUT2D eigenvalue weighted by molar-refractivity contribution is 0.960. The van der Waals surface area contributed by atoms with Gasteiger partial charge in [-0.15, -0.1) is 0 Å². The van der Waals surface area contributed by atoms with Gasteiger partial charge in [-0.25, -0.2) is 4.98 Å². The molecular formula is C14H19N5. The molecule has 0 radical (unpaired) electrons. The second kappa shape index (κ2) is 6.68. The average molecular weight is 257 g/mol. The third-order valence-corrected chi connectivity index (χ3v) is 2.79. The molecule has 0 amide bonds. The van der Waals surface area contributed by atoms with Crippen LogP contribution in [0.3, 0.4) is 0 Å². The van der Waals surface area contributed by atoms with Crippen molar-refractivity contribution in [3.05, 3.63) is 42.0 Å². The standard InChI is InChI=1S/C14H19N5/c1-3-11-6-5-7-17-12(11)8-18-14-10-15-9-13(19-14)16-4-2/h5-7,9-10H,3-4,8H2,1-2H3,(H2,16,18,19). The van der Waals surface area contributed by atoms with Crippen molar-refractivity contribution < 1.29 is 0 Å². The zero-order chi connectivity index (χ0) is 13.5. The maximum atomic E-state index is 4.42. The Morgan fingerprint density at radius 3 is 2.63 bits per heavy atom. The van der Waals surface area contributed by atoms with E-state index in [9.17, 15) is 0 Å². The lowest BCUT2D eigenvalue weighted by atomic mass is 10.1. The van der Waals surface area contributed by atoms with E-state index < -0.39 is 0 Å². The van der Waals surface area contributed by atoms with Crippen LogP contribution in [0.15, 0.2) is 30.7 Å². The smallest absolute Gasteiger partial charge is 0.147 e. The number of nitrogens with one attached hydrogen (secondary N) is 2. The maximum Gasteiger partial charge on any atom is 0.147 e. The van der Waals surface area contributed by atoms with Crippen LogP contribution < -0.4 is 10.6 Å². The van der Waals surface area contributed by atoms with E-state index in [2.05, 4.69) is 38.6 Å². The molecule has 0 aliphatic rings. The van der Waals surface area contributed by atoms with Crippen molar-refractivity contribution in [2.24, 2.45) is 0 Å². The lowest BCUT2D eigenvalue weighted by Gasteiger charge is -2.09. The fourth-order valence-corrected chi connectivity index (χ4v) is 1.84. The van der Waals surface area contributed by atoms with Crippen LogP contribution >= 0.6 is 0 Å². The van der Waals surface area contributed by atoms with Crippen LogP contribution in [0, 0.1) is 0 Å². The van der Waals surface area contributed by atoms with Crippen LogP contribution in [0.5, 0.6) is 0 Å². The average Bonchev–Trinajstić information content (AvgIpc) is 2.46. The van der Waals surface area contributed by atoms with Crippen LogP contribution in [-0.4, -0.2) is 21.5 Å². The number of hydrogen-bond donors (Lipinski definition) is 2. The Hall–Kier alpha value is -2.17. The zero-order valence-corrected chi connectivity index (χ0v) is 11.3. The van der Waals surface area contributed by atoms with Gasteiger partial charge in [0, 0.05) is 12.7 Å². The first-order valence-electron chi connectivity index (χ1n) is 6.56. The second-order valence-corrected chi connectivity index (χ2v) is 4.14. The third kappa shape index (κ3) is 3.64. The Bertz CT molecular complexity index is 527. The molecule has 100 valence electrons. The van der Waals surface area contributed by atoms with Crippen molar-refractivity contribution >= 4 is 11.6 Å². The van der Waals surface area contributed by atoms with Crippen LogP contribution in [-0.2, 0) is 13.0 Å². The zero-order valence-electron chi connectivity index (χ0n) is 11.3. The summed E-state index contributed by atoms with van der Waals surface area (Å²) in [5.41, 5.74) is 2.31. The fraction of sp³-hybridized carbons (Fsp3) is 0.357. The molecule has 0 aromatic carbocycles. The molecule has 19 heavy (non-hydrogen) atoms. The molecule has 0 saturated carbocycles. The van der Waals surface area contributed by atoms with Gasteiger partial charge in [0.25, 0.3) is 0 Å². The largest absolute Gasteiger partial charge is 0.369 e.